The molecule has 1 aromatic heterocycles. The number of nitrogens with two attached hydrogens (primary N) is 1. The van der Waals surface area contributed by atoms with Crippen LogP contribution in [-0.2, 0) is 9.84 Å². The number of nitrogen functional groups attached to an aromatic ring is 1. The summed E-state index contributed by atoms with van der Waals surface area (Å²) in [6, 6.07) is 3.47. The molecule has 1 aliphatic heterocycles. The molecule has 6 nitrogen and oxygen atoms in total. The summed E-state index contributed by atoms with van der Waals surface area (Å²) in [7, 11) is -3.17. The fourth-order valence-electron chi connectivity index (χ4n) is 2.11. The molecule has 1 atom stereocenters. The number of pyridine rings is 1. The number of hydrogen-bond donors (Lipinski definition) is 1. The van der Waals surface area contributed by atoms with Gasteiger partial charge in [-0.2, -0.15) is 16.7 Å². The molecule has 0 aromatic carbocycles. The van der Waals surface area contributed by atoms with Crippen molar-refractivity contribution in [3.8, 4) is 5.88 Å². The van der Waals surface area contributed by atoms with E-state index in [1.165, 1.54) is 6.26 Å². The van der Waals surface area contributed by atoms with Crippen LogP contribution in [0.4, 0.5) is 11.5 Å². The van der Waals surface area contributed by atoms with E-state index in [1.54, 1.807) is 23.9 Å². The van der Waals surface area contributed by atoms with Gasteiger partial charge in [0.05, 0.1) is 12.3 Å². The minimum atomic E-state index is -3.17. The van der Waals surface area contributed by atoms with Gasteiger partial charge in [0.15, 0.2) is 9.84 Å². The molecule has 2 rings (SSSR count). The van der Waals surface area contributed by atoms with Crippen LogP contribution in [0.2, 0.25) is 0 Å². The van der Waals surface area contributed by atoms with Crippen molar-refractivity contribution in [2.75, 3.05) is 41.5 Å². The van der Waals surface area contributed by atoms with Crippen molar-refractivity contribution in [3.05, 3.63) is 12.1 Å². The Balaban J connectivity index is 2.30. The first kappa shape index (κ1) is 16.2. The van der Waals surface area contributed by atoms with E-state index in [0.29, 0.717) is 36.3 Å². The molecule has 0 spiro atoms. The lowest BCUT2D eigenvalue weighted by Crippen LogP contribution is -2.47. The Kier molecular flexibility index (Phi) is 5.21. The van der Waals surface area contributed by atoms with Gasteiger partial charge in [0.1, 0.15) is 11.2 Å². The molecule has 1 aromatic rings. The molecule has 0 amide bonds. The Hall–Kier alpha value is -1.15. The zero-order valence-corrected chi connectivity index (χ0v) is 13.9. The molecule has 0 saturated carbocycles. The lowest BCUT2D eigenvalue weighted by atomic mass is 10.3. The molecular formula is C13H21N3O3S2. The largest absolute Gasteiger partial charge is 0.476 e. The van der Waals surface area contributed by atoms with E-state index in [2.05, 4.69) is 4.98 Å². The van der Waals surface area contributed by atoms with Gasteiger partial charge in [-0.15, -0.1) is 0 Å². The second-order valence-corrected chi connectivity index (χ2v) is 8.32. The summed E-state index contributed by atoms with van der Waals surface area (Å²) in [6.45, 7) is 3.18. The van der Waals surface area contributed by atoms with Crippen LogP contribution in [0.5, 0.6) is 5.88 Å². The molecular weight excluding hydrogens is 310 g/mol. The van der Waals surface area contributed by atoms with E-state index in [-0.39, 0.29) is 0 Å². The molecule has 1 unspecified atom stereocenters. The predicted octanol–water partition coefficient (Wildman–Crippen LogP) is 1.38. The lowest BCUT2D eigenvalue weighted by Gasteiger charge is -2.35. The highest BCUT2D eigenvalue weighted by molar-refractivity contribution is 8.01. The Morgan fingerprint density at radius 1 is 1.52 bits per heavy atom. The van der Waals surface area contributed by atoms with Gasteiger partial charge in [0.25, 0.3) is 0 Å². The second kappa shape index (κ2) is 6.74. The van der Waals surface area contributed by atoms with Crippen LogP contribution in [0, 0.1) is 0 Å². The van der Waals surface area contributed by atoms with Crippen LogP contribution in [-0.4, -0.2) is 49.7 Å². The Morgan fingerprint density at radius 2 is 2.29 bits per heavy atom. The summed E-state index contributed by atoms with van der Waals surface area (Å²) in [4.78, 5) is 6.23. The zero-order chi connectivity index (χ0) is 15.5. The normalized spacial score (nSPS) is 19.5. The molecule has 1 fully saturated rings. The van der Waals surface area contributed by atoms with Crippen LogP contribution in [0.1, 0.15) is 13.3 Å². The number of anilines is 2. The molecule has 1 aliphatic rings. The van der Waals surface area contributed by atoms with Crippen LogP contribution in [0.25, 0.3) is 0 Å². The number of aromatic nitrogens is 1. The van der Waals surface area contributed by atoms with Gasteiger partial charge in [-0.25, -0.2) is 8.42 Å². The average molecular weight is 331 g/mol. The van der Waals surface area contributed by atoms with Crippen LogP contribution < -0.4 is 15.4 Å². The summed E-state index contributed by atoms with van der Waals surface area (Å²) in [5.41, 5.74) is 6.32. The third-order valence-corrected chi connectivity index (χ3v) is 5.83. The monoisotopic (exact) mass is 331 g/mol. The van der Waals surface area contributed by atoms with Crippen molar-refractivity contribution in [2.45, 2.75) is 18.7 Å². The molecule has 8 heteroatoms. The van der Waals surface area contributed by atoms with Gasteiger partial charge in [-0.1, -0.05) is 6.92 Å². The third kappa shape index (κ3) is 3.94. The highest BCUT2D eigenvalue weighted by atomic mass is 32.2. The maximum absolute atomic E-state index is 12.0. The van der Waals surface area contributed by atoms with Crippen molar-refractivity contribution >= 4 is 33.1 Å². The van der Waals surface area contributed by atoms with E-state index in [9.17, 15) is 8.42 Å². The highest BCUT2D eigenvalue weighted by Crippen LogP contribution is 2.29. The van der Waals surface area contributed by atoms with E-state index in [0.717, 1.165) is 12.2 Å². The molecule has 0 radical (unpaired) electrons. The summed E-state index contributed by atoms with van der Waals surface area (Å²) < 4.78 is 29.4. The van der Waals surface area contributed by atoms with Crippen LogP contribution >= 0.6 is 11.8 Å². The number of sulfone groups is 1. The van der Waals surface area contributed by atoms with Crippen molar-refractivity contribution in [3.63, 3.8) is 0 Å². The summed E-state index contributed by atoms with van der Waals surface area (Å²) in [5, 5.41) is -0.550. The molecule has 2 heterocycles. The molecule has 21 heavy (non-hydrogen) atoms. The van der Waals surface area contributed by atoms with Crippen molar-refractivity contribution in [1.29, 1.82) is 0 Å². The van der Waals surface area contributed by atoms with Crippen LogP contribution in [0.3, 0.4) is 0 Å². The topological polar surface area (TPSA) is 85.5 Å². The average Bonchev–Trinajstić information content (AvgIpc) is 2.45. The fourth-order valence-corrected chi connectivity index (χ4v) is 4.94. The van der Waals surface area contributed by atoms with Gasteiger partial charge in [0.2, 0.25) is 5.88 Å². The first-order valence-corrected chi connectivity index (χ1v) is 9.97. The Labute approximate surface area is 130 Å². The zero-order valence-electron chi connectivity index (χ0n) is 12.3. The lowest BCUT2D eigenvalue weighted by molar-refractivity contribution is 0.307. The fraction of sp³-hybridized carbons (Fsp3) is 0.615. The van der Waals surface area contributed by atoms with E-state index >= 15 is 0 Å². The van der Waals surface area contributed by atoms with Gasteiger partial charge >= 0.3 is 0 Å². The molecule has 1 saturated heterocycles. The third-order valence-electron chi connectivity index (χ3n) is 3.19. The Bertz CT molecular complexity index is 592. The number of nitrogens with zero attached hydrogens (tertiary/aromatic N) is 2. The van der Waals surface area contributed by atoms with Crippen molar-refractivity contribution in [1.82, 2.24) is 4.98 Å². The van der Waals surface area contributed by atoms with Crippen LogP contribution in [0.15, 0.2) is 12.1 Å². The molecule has 0 bridgehead atoms. The first-order chi connectivity index (χ1) is 9.93. The van der Waals surface area contributed by atoms with Crippen molar-refractivity contribution < 1.29 is 13.2 Å². The minimum Gasteiger partial charge on any atom is -0.476 e. The van der Waals surface area contributed by atoms with Crippen molar-refractivity contribution in [2.24, 2.45) is 0 Å². The van der Waals surface area contributed by atoms with E-state index < -0.39 is 15.2 Å². The van der Waals surface area contributed by atoms with Gasteiger partial charge in [0, 0.05) is 24.3 Å². The summed E-state index contributed by atoms with van der Waals surface area (Å²) in [6.07, 6.45) is 2.13. The molecule has 118 valence electrons. The molecule has 0 aliphatic carbocycles. The number of ether oxygens (including phenoxy) is 1. The second-order valence-electron chi connectivity index (χ2n) is 4.96. The highest BCUT2D eigenvalue weighted by Gasteiger charge is 2.32. The standard InChI is InChI=1S/C13H21N3O3S2/c1-3-7-19-13-10(14)4-5-11(15-13)16-6-8-20-9-12(16)21(2,17)18/h4-5,12H,3,6-9,14H2,1-2H3. The summed E-state index contributed by atoms with van der Waals surface area (Å²) >= 11 is 1.64. The number of rotatable bonds is 5. The molecule has 2 N–H and O–H groups in total. The summed E-state index contributed by atoms with van der Waals surface area (Å²) in [5.74, 6) is 2.41. The smallest absolute Gasteiger partial charge is 0.239 e. The quantitative estimate of drug-likeness (QED) is 0.872. The number of hydrogen-bond acceptors (Lipinski definition) is 7. The van der Waals surface area contributed by atoms with Gasteiger partial charge in [-0.3, -0.25) is 0 Å². The van der Waals surface area contributed by atoms with Gasteiger partial charge in [-0.05, 0) is 18.6 Å². The predicted molar refractivity (Wildman–Crippen MR) is 87.7 cm³/mol. The van der Waals surface area contributed by atoms with Gasteiger partial charge < -0.3 is 15.4 Å². The minimum absolute atomic E-state index is 0.375. The Morgan fingerprint density at radius 3 is 2.95 bits per heavy atom. The van der Waals surface area contributed by atoms with E-state index in [4.69, 9.17) is 10.5 Å². The number of thioether (sulfide) groups is 1. The maximum Gasteiger partial charge on any atom is 0.239 e. The first-order valence-electron chi connectivity index (χ1n) is 6.86. The SMILES string of the molecule is CCCOc1nc(N2CCSCC2S(C)(=O)=O)ccc1N. The maximum atomic E-state index is 12.0. The van der Waals surface area contributed by atoms with E-state index in [1.807, 2.05) is 11.8 Å².